The number of imidazole rings is 1. The Kier molecular flexibility index (Phi) is 4.57. The fraction of sp³-hybridized carbons (Fsp3) is 0.350. The lowest BCUT2D eigenvalue weighted by atomic mass is 10.1. The summed E-state index contributed by atoms with van der Waals surface area (Å²) in [6.07, 6.45) is 4.80. The predicted octanol–water partition coefficient (Wildman–Crippen LogP) is 5.13. The molecule has 2 aromatic carbocycles. The molecule has 114 valence electrons. The highest BCUT2D eigenvalue weighted by Gasteiger charge is 2.10. The minimum absolute atomic E-state index is 0.905. The van der Waals surface area contributed by atoms with Crippen molar-refractivity contribution in [2.45, 2.75) is 46.1 Å². The highest BCUT2D eigenvalue weighted by atomic mass is 15.1. The molecule has 22 heavy (non-hydrogen) atoms. The summed E-state index contributed by atoms with van der Waals surface area (Å²) in [5.74, 6) is 1.22. The molecule has 0 fully saturated rings. The zero-order valence-electron chi connectivity index (χ0n) is 13.5. The number of hydrogen-bond donors (Lipinski definition) is 0. The monoisotopic (exact) mass is 292 g/mol. The van der Waals surface area contributed by atoms with Crippen LogP contribution in [0.1, 0.15) is 43.1 Å². The summed E-state index contributed by atoms with van der Waals surface area (Å²) in [7, 11) is 0. The van der Waals surface area contributed by atoms with Crippen LogP contribution in [-0.4, -0.2) is 9.55 Å². The molecule has 2 nitrogen and oxygen atoms in total. The molecule has 0 bridgehead atoms. The number of para-hydroxylation sites is 2. The van der Waals surface area contributed by atoms with Crippen molar-refractivity contribution < 1.29 is 0 Å². The van der Waals surface area contributed by atoms with Crippen molar-refractivity contribution >= 4 is 11.0 Å². The second-order valence-corrected chi connectivity index (χ2v) is 6.05. The van der Waals surface area contributed by atoms with Crippen molar-refractivity contribution in [3.8, 4) is 0 Å². The van der Waals surface area contributed by atoms with Crippen molar-refractivity contribution in [1.82, 2.24) is 9.55 Å². The quantitative estimate of drug-likeness (QED) is 0.576. The first kappa shape index (κ1) is 14.8. The average Bonchev–Trinajstić information content (AvgIpc) is 2.88. The van der Waals surface area contributed by atoms with Crippen LogP contribution >= 0.6 is 0 Å². The number of aryl methyl sites for hydroxylation is 2. The van der Waals surface area contributed by atoms with Crippen LogP contribution in [-0.2, 0) is 13.0 Å². The third-order valence-electron chi connectivity index (χ3n) is 4.20. The number of benzene rings is 2. The SMILES string of the molecule is CCCCCc1nc2ccccc2n1Cc1ccc(C)cc1. The maximum atomic E-state index is 4.86. The standard InChI is InChI=1S/C20H24N2/c1-3-4-5-10-20-21-18-8-6-7-9-19(18)22(20)15-17-13-11-16(2)12-14-17/h6-9,11-14H,3-5,10,15H2,1-2H3. The van der Waals surface area contributed by atoms with Gasteiger partial charge in [0.25, 0.3) is 0 Å². The van der Waals surface area contributed by atoms with Crippen molar-refractivity contribution in [2.75, 3.05) is 0 Å². The molecule has 0 radical (unpaired) electrons. The van der Waals surface area contributed by atoms with E-state index in [1.807, 2.05) is 0 Å². The summed E-state index contributed by atoms with van der Waals surface area (Å²) in [6.45, 7) is 5.28. The number of nitrogens with zero attached hydrogens (tertiary/aromatic N) is 2. The minimum Gasteiger partial charge on any atom is -0.323 e. The van der Waals surface area contributed by atoms with Gasteiger partial charge in [-0.1, -0.05) is 61.7 Å². The van der Waals surface area contributed by atoms with Crippen molar-refractivity contribution in [3.63, 3.8) is 0 Å². The third-order valence-corrected chi connectivity index (χ3v) is 4.20. The molecule has 0 spiro atoms. The molecule has 1 heterocycles. The molecule has 0 N–H and O–H groups in total. The average molecular weight is 292 g/mol. The number of hydrogen-bond acceptors (Lipinski definition) is 1. The van der Waals surface area contributed by atoms with Crippen LogP contribution < -0.4 is 0 Å². The Labute approximate surface area is 132 Å². The van der Waals surface area contributed by atoms with Gasteiger partial charge in [0.2, 0.25) is 0 Å². The molecule has 0 aliphatic carbocycles. The molecule has 2 heteroatoms. The molecule has 0 saturated heterocycles. The fourth-order valence-corrected chi connectivity index (χ4v) is 2.90. The van der Waals surface area contributed by atoms with Gasteiger partial charge in [-0.05, 0) is 31.0 Å². The van der Waals surface area contributed by atoms with E-state index in [1.165, 1.54) is 41.7 Å². The molecule has 3 rings (SSSR count). The van der Waals surface area contributed by atoms with Crippen LogP contribution in [0, 0.1) is 6.92 Å². The first-order valence-corrected chi connectivity index (χ1v) is 8.27. The number of fused-ring (bicyclic) bond motifs is 1. The van der Waals surface area contributed by atoms with Crippen LogP contribution in [0.25, 0.3) is 11.0 Å². The van der Waals surface area contributed by atoms with E-state index in [1.54, 1.807) is 0 Å². The van der Waals surface area contributed by atoms with E-state index in [0.29, 0.717) is 0 Å². The number of unbranched alkanes of at least 4 members (excludes halogenated alkanes) is 2. The Balaban J connectivity index is 1.94. The Morgan fingerprint density at radius 2 is 1.73 bits per heavy atom. The zero-order valence-corrected chi connectivity index (χ0v) is 13.5. The lowest BCUT2D eigenvalue weighted by Gasteiger charge is -2.10. The lowest BCUT2D eigenvalue weighted by Crippen LogP contribution is -2.05. The molecule has 0 aliphatic heterocycles. The van der Waals surface area contributed by atoms with E-state index in [0.717, 1.165) is 18.5 Å². The molecular formula is C20H24N2. The van der Waals surface area contributed by atoms with Gasteiger partial charge >= 0.3 is 0 Å². The van der Waals surface area contributed by atoms with Gasteiger partial charge in [0.05, 0.1) is 11.0 Å². The van der Waals surface area contributed by atoms with Crippen LogP contribution in [0.15, 0.2) is 48.5 Å². The van der Waals surface area contributed by atoms with E-state index >= 15 is 0 Å². The van der Waals surface area contributed by atoms with Gasteiger partial charge in [-0.15, -0.1) is 0 Å². The molecular weight excluding hydrogens is 268 g/mol. The van der Waals surface area contributed by atoms with Gasteiger partial charge in [0, 0.05) is 13.0 Å². The van der Waals surface area contributed by atoms with E-state index in [4.69, 9.17) is 4.98 Å². The Hall–Kier alpha value is -2.09. The molecule has 3 aromatic rings. The second-order valence-electron chi connectivity index (χ2n) is 6.05. The van der Waals surface area contributed by atoms with Crippen LogP contribution in [0.4, 0.5) is 0 Å². The first-order chi connectivity index (χ1) is 10.8. The summed E-state index contributed by atoms with van der Waals surface area (Å²) in [5.41, 5.74) is 5.00. The van der Waals surface area contributed by atoms with Crippen LogP contribution in [0.3, 0.4) is 0 Å². The minimum atomic E-state index is 0.905. The summed E-state index contributed by atoms with van der Waals surface area (Å²) in [6, 6.07) is 17.3. The number of aromatic nitrogens is 2. The molecule has 0 amide bonds. The van der Waals surface area contributed by atoms with Crippen molar-refractivity contribution in [2.24, 2.45) is 0 Å². The van der Waals surface area contributed by atoms with Crippen LogP contribution in [0.5, 0.6) is 0 Å². The fourth-order valence-electron chi connectivity index (χ4n) is 2.90. The first-order valence-electron chi connectivity index (χ1n) is 8.27. The summed E-state index contributed by atoms with van der Waals surface area (Å²) in [5, 5.41) is 0. The second kappa shape index (κ2) is 6.78. The Morgan fingerprint density at radius 1 is 0.955 bits per heavy atom. The molecule has 1 aromatic heterocycles. The van der Waals surface area contributed by atoms with Gasteiger partial charge in [-0.25, -0.2) is 4.98 Å². The topological polar surface area (TPSA) is 17.8 Å². The van der Waals surface area contributed by atoms with Gasteiger partial charge < -0.3 is 4.57 Å². The number of rotatable bonds is 6. The van der Waals surface area contributed by atoms with Gasteiger partial charge in [0.15, 0.2) is 0 Å². The maximum absolute atomic E-state index is 4.86. The molecule has 0 aliphatic rings. The van der Waals surface area contributed by atoms with Gasteiger partial charge in [0.1, 0.15) is 5.82 Å². The molecule has 0 atom stereocenters. The maximum Gasteiger partial charge on any atom is 0.110 e. The molecule has 0 unspecified atom stereocenters. The van der Waals surface area contributed by atoms with E-state index < -0.39 is 0 Å². The van der Waals surface area contributed by atoms with Gasteiger partial charge in [-0.2, -0.15) is 0 Å². The highest BCUT2D eigenvalue weighted by Crippen LogP contribution is 2.19. The summed E-state index contributed by atoms with van der Waals surface area (Å²) in [4.78, 5) is 4.86. The van der Waals surface area contributed by atoms with E-state index in [2.05, 4.69) is 66.9 Å². The third kappa shape index (κ3) is 3.22. The molecule has 0 saturated carbocycles. The smallest absolute Gasteiger partial charge is 0.110 e. The lowest BCUT2D eigenvalue weighted by molar-refractivity contribution is 0.659. The Morgan fingerprint density at radius 3 is 2.50 bits per heavy atom. The summed E-state index contributed by atoms with van der Waals surface area (Å²) < 4.78 is 2.38. The normalized spacial score (nSPS) is 11.2. The van der Waals surface area contributed by atoms with Crippen molar-refractivity contribution in [1.29, 1.82) is 0 Å². The highest BCUT2D eigenvalue weighted by molar-refractivity contribution is 5.76. The Bertz CT molecular complexity index is 738. The predicted molar refractivity (Wildman–Crippen MR) is 93.2 cm³/mol. The zero-order chi connectivity index (χ0) is 15.4. The van der Waals surface area contributed by atoms with E-state index in [9.17, 15) is 0 Å². The van der Waals surface area contributed by atoms with Gasteiger partial charge in [-0.3, -0.25) is 0 Å². The van der Waals surface area contributed by atoms with Crippen molar-refractivity contribution in [3.05, 3.63) is 65.5 Å². The largest absolute Gasteiger partial charge is 0.323 e. The van der Waals surface area contributed by atoms with Crippen LogP contribution in [0.2, 0.25) is 0 Å². The summed E-state index contributed by atoms with van der Waals surface area (Å²) >= 11 is 0. The van der Waals surface area contributed by atoms with E-state index in [-0.39, 0.29) is 0 Å².